The Balaban J connectivity index is 0.000000213. The largest absolute Gasteiger partial charge is 0.306 e. The molecule has 0 aromatic heterocycles. The van der Waals surface area contributed by atoms with E-state index in [2.05, 4.69) is 47.8 Å². The summed E-state index contributed by atoms with van der Waals surface area (Å²) >= 11 is 0. The van der Waals surface area contributed by atoms with Gasteiger partial charge in [0.2, 0.25) is 0 Å². The van der Waals surface area contributed by atoms with Gasteiger partial charge in [0.05, 0.1) is 0 Å². The molecule has 0 aliphatic carbocycles. The molecule has 4 aliphatic heterocycles. The fourth-order valence-electron chi connectivity index (χ4n) is 4.92. The SMILES string of the molecule is CN1CCCCCC1.CN1CCCCCC1.CN1CCCCCC1.CN1CCCCCC1. The van der Waals surface area contributed by atoms with Crippen molar-refractivity contribution < 1.29 is 0 Å². The van der Waals surface area contributed by atoms with Crippen LogP contribution in [0.3, 0.4) is 0 Å². The van der Waals surface area contributed by atoms with Gasteiger partial charge in [-0.1, -0.05) is 51.4 Å². The van der Waals surface area contributed by atoms with Crippen LogP contribution < -0.4 is 0 Å². The first-order chi connectivity index (χ1) is 15.6. The topological polar surface area (TPSA) is 13.0 Å². The maximum absolute atomic E-state index is 2.42. The van der Waals surface area contributed by atoms with E-state index < -0.39 is 0 Å². The van der Waals surface area contributed by atoms with E-state index in [1.54, 1.807) is 0 Å². The second kappa shape index (κ2) is 21.4. The van der Waals surface area contributed by atoms with Crippen molar-refractivity contribution in [2.24, 2.45) is 0 Å². The van der Waals surface area contributed by atoms with E-state index in [-0.39, 0.29) is 0 Å². The number of hydrogen-bond acceptors (Lipinski definition) is 4. The van der Waals surface area contributed by atoms with Crippen LogP contribution >= 0.6 is 0 Å². The lowest BCUT2D eigenvalue weighted by Gasteiger charge is -2.10. The van der Waals surface area contributed by atoms with Crippen LogP contribution in [0.25, 0.3) is 0 Å². The summed E-state index contributed by atoms with van der Waals surface area (Å²) in [5.74, 6) is 0. The van der Waals surface area contributed by atoms with Crippen LogP contribution in [0, 0.1) is 0 Å². The summed E-state index contributed by atoms with van der Waals surface area (Å²) in [4.78, 5) is 9.69. The zero-order valence-electron chi connectivity index (χ0n) is 22.8. The monoisotopic (exact) mass is 452 g/mol. The minimum atomic E-state index is 1.32. The lowest BCUT2D eigenvalue weighted by Crippen LogP contribution is -2.18. The lowest BCUT2D eigenvalue weighted by molar-refractivity contribution is 0.349. The van der Waals surface area contributed by atoms with Gasteiger partial charge in [-0.2, -0.15) is 0 Å². The molecule has 4 aliphatic rings. The standard InChI is InChI=1S/4C7H15N/c4*1-8-6-4-2-3-5-7-8/h4*2-7H2,1H3. The fourth-order valence-corrected chi connectivity index (χ4v) is 4.92. The van der Waals surface area contributed by atoms with E-state index in [0.29, 0.717) is 0 Å². The van der Waals surface area contributed by atoms with Gasteiger partial charge in [-0.25, -0.2) is 0 Å². The highest BCUT2D eigenvalue weighted by Gasteiger charge is 2.03. The second-order valence-corrected chi connectivity index (χ2v) is 10.9. The molecular weight excluding hydrogens is 392 g/mol. The predicted octanol–water partition coefficient (Wildman–Crippen LogP) is 5.97. The smallest absolute Gasteiger partial charge is 0.00218 e. The van der Waals surface area contributed by atoms with Crippen LogP contribution in [0.2, 0.25) is 0 Å². The van der Waals surface area contributed by atoms with Gasteiger partial charge >= 0.3 is 0 Å². The Labute approximate surface area is 203 Å². The average molecular weight is 453 g/mol. The van der Waals surface area contributed by atoms with Crippen molar-refractivity contribution in [2.45, 2.75) is 103 Å². The Morgan fingerprint density at radius 1 is 0.219 bits per heavy atom. The van der Waals surface area contributed by atoms with Crippen molar-refractivity contribution in [3.05, 3.63) is 0 Å². The zero-order valence-corrected chi connectivity index (χ0v) is 22.8. The average Bonchev–Trinajstić information content (AvgIpc) is 3.35. The number of likely N-dealkylation sites (tertiary alicyclic amines) is 4. The van der Waals surface area contributed by atoms with E-state index >= 15 is 0 Å². The Kier molecular flexibility index (Phi) is 20.0. The van der Waals surface area contributed by atoms with Gasteiger partial charge < -0.3 is 19.6 Å². The van der Waals surface area contributed by atoms with Crippen molar-refractivity contribution in [2.75, 3.05) is 80.5 Å². The lowest BCUT2D eigenvalue weighted by atomic mass is 10.2. The highest BCUT2D eigenvalue weighted by atomic mass is 15.1. The van der Waals surface area contributed by atoms with Crippen molar-refractivity contribution in [3.63, 3.8) is 0 Å². The minimum absolute atomic E-state index is 1.32. The molecule has 0 bridgehead atoms. The number of hydrogen-bond donors (Lipinski definition) is 0. The van der Waals surface area contributed by atoms with Crippen LogP contribution in [0.1, 0.15) is 103 Å². The van der Waals surface area contributed by atoms with E-state index in [1.807, 2.05) is 0 Å². The van der Waals surface area contributed by atoms with E-state index in [9.17, 15) is 0 Å². The molecule has 4 fully saturated rings. The van der Waals surface area contributed by atoms with Crippen LogP contribution in [0.5, 0.6) is 0 Å². The molecule has 0 radical (unpaired) electrons. The molecule has 4 heteroatoms. The third-order valence-corrected chi connectivity index (χ3v) is 7.32. The Morgan fingerprint density at radius 3 is 0.469 bits per heavy atom. The van der Waals surface area contributed by atoms with E-state index in [4.69, 9.17) is 0 Å². The molecular formula is C28H60N4. The third kappa shape index (κ3) is 19.3. The summed E-state index contributed by atoms with van der Waals surface area (Å²) in [6.45, 7) is 10.6. The molecule has 32 heavy (non-hydrogen) atoms. The van der Waals surface area contributed by atoms with Crippen molar-refractivity contribution >= 4 is 0 Å². The summed E-state index contributed by atoms with van der Waals surface area (Å²) in [7, 11) is 8.85. The summed E-state index contributed by atoms with van der Waals surface area (Å²) in [6, 6.07) is 0. The first kappa shape index (κ1) is 29.9. The van der Waals surface area contributed by atoms with E-state index in [1.165, 1.54) is 155 Å². The molecule has 0 unspecified atom stereocenters. The van der Waals surface area contributed by atoms with Crippen LogP contribution in [0.4, 0.5) is 0 Å². The van der Waals surface area contributed by atoms with Crippen molar-refractivity contribution in [1.29, 1.82) is 0 Å². The molecule has 192 valence electrons. The van der Waals surface area contributed by atoms with Gasteiger partial charge in [0.25, 0.3) is 0 Å². The molecule has 0 saturated carbocycles. The summed E-state index contributed by atoms with van der Waals surface area (Å²) in [5.41, 5.74) is 0. The molecule has 0 N–H and O–H groups in total. The summed E-state index contributed by atoms with van der Waals surface area (Å²) < 4.78 is 0. The number of rotatable bonds is 0. The van der Waals surface area contributed by atoms with Gasteiger partial charge in [0.1, 0.15) is 0 Å². The molecule has 4 rings (SSSR count). The highest BCUT2D eigenvalue weighted by Crippen LogP contribution is 2.08. The van der Waals surface area contributed by atoms with Crippen LogP contribution in [0.15, 0.2) is 0 Å². The van der Waals surface area contributed by atoms with Gasteiger partial charge in [-0.3, -0.25) is 0 Å². The Morgan fingerprint density at radius 2 is 0.344 bits per heavy atom. The molecule has 0 aromatic rings. The molecule has 4 nitrogen and oxygen atoms in total. The van der Waals surface area contributed by atoms with Gasteiger partial charge in [-0.15, -0.1) is 0 Å². The Hall–Kier alpha value is -0.160. The number of nitrogens with zero attached hydrogens (tertiary/aromatic N) is 4. The van der Waals surface area contributed by atoms with Crippen molar-refractivity contribution in [3.8, 4) is 0 Å². The summed E-state index contributed by atoms with van der Waals surface area (Å²) in [5, 5.41) is 0. The molecule has 0 spiro atoms. The van der Waals surface area contributed by atoms with Crippen LogP contribution in [-0.4, -0.2) is 100 Å². The Bertz CT molecular complexity index is 286. The quantitative estimate of drug-likeness (QED) is 0.449. The van der Waals surface area contributed by atoms with Crippen molar-refractivity contribution in [1.82, 2.24) is 19.6 Å². The highest BCUT2D eigenvalue weighted by molar-refractivity contribution is 4.59. The molecule has 4 heterocycles. The maximum atomic E-state index is 2.42. The second-order valence-electron chi connectivity index (χ2n) is 10.9. The fraction of sp³-hybridized carbons (Fsp3) is 1.00. The molecule has 4 saturated heterocycles. The van der Waals surface area contributed by atoms with E-state index in [0.717, 1.165) is 0 Å². The predicted molar refractivity (Wildman–Crippen MR) is 144 cm³/mol. The normalized spacial score (nSPS) is 25.1. The molecule has 0 amide bonds. The van der Waals surface area contributed by atoms with Crippen LogP contribution in [-0.2, 0) is 0 Å². The molecule has 0 aromatic carbocycles. The third-order valence-electron chi connectivity index (χ3n) is 7.32. The summed E-state index contributed by atoms with van der Waals surface area (Å²) in [6.07, 6.45) is 22.9. The molecule has 0 atom stereocenters. The van der Waals surface area contributed by atoms with Gasteiger partial charge in [-0.05, 0) is 132 Å². The van der Waals surface area contributed by atoms with Gasteiger partial charge in [0.15, 0.2) is 0 Å². The maximum Gasteiger partial charge on any atom is -0.00218 e. The minimum Gasteiger partial charge on any atom is -0.306 e. The first-order valence-electron chi connectivity index (χ1n) is 14.3. The zero-order chi connectivity index (χ0) is 23.3. The van der Waals surface area contributed by atoms with Gasteiger partial charge in [0, 0.05) is 0 Å². The first-order valence-corrected chi connectivity index (χ1v) is 14.3.